The van der Waals surface area contributed by atoms with Crippen LogP contribution in [0.4, 0.5) is 0 Å². The summed E-state index contributed by atoms with van der Waals surface area (Å²) in [5.74, 6) is 0.602. The zero-order valence-electron chi connectivity index (χ0n) is 14.3. The van der Waals surface area contributed by atoms with Crippen molar-refractivity contribution in [2.45, 2.75) is 50.6 Å². The zero-order chi connectivity index (χ0) is 16.9. The molecule has 130 valence electrons. The van der Waals surface area contributed by atoms with Crippen molar-refractivity contribution in [3.63, 3.8) is 0 Å². The Bertz CT molecular complexity index is 590. The Balaban J connectivity index is 1.41. The number of hydrogen-bond donors (Lipinski definition) is 3. The van der Waals surface area contributed by atoms with Gasteiger partial charge in [0.15, 0.2) is 0 Å². The molecule has 0 radical (unpaired) electrons. The van der Waals surface area contributed by atoms with Gasteiger partial charge < -0.3 is 16.0 Å². The van der Waals surface area contributed by atoms with Crippen LogP contribution in [0.1, 0.15) is 48.0 Å². The van der Waals surface area contributed by atoms with Gasteiger partial charge in [0.05, 0.1) is 0 Å². The monoisotopic (exact) mass is 329 g/mol. The summed E-state index contributed by atoms with van der Waals surface area (Å²) in [7, 11) is 1.63. The molecule has 2 heterocycles. The molecule has 24 heavy (non-hydrogen) atoms. The van der Waals surface area contributed by atoms with E-state index in [-0.39, 0.29) is 11.8 Å². The van der Waals surface area contributed by atoms with Crippen LogP contribution in [-0.4, -0.2) is 37.5 Å². The highest BCUT2D eigenvalue weighted by Gasteiger charge is 2.34. The second kappa shape index (κ2) is 7.79. The molecule has 2 amide bonds. The van der Waals surface area contributed by atoms with E-state index in [0.717, 1.165) is 24.8 Å². The van der Waals surface area contributed by atoms with Crippen LogP contribution in [0, 0.1) is 5.92 Å². The van der Waals surface area contributed by atoms with Crippen molar-refractivity contribution in [3.8, 4) is 0 Å². The SMILES string of the molecule is CNC(=O)c1cccc(CCNC(=O)CC2CC3CCC(C2)N3)c1. The van der Waals surface area contributed by atoms with E-state index in [9.17, 15) is 9.59 Å². The van der Waals surface area contributed by atoms with Gasteiger partial charge in [0.1, 0.15) is 0 Å². The van der Waals surface area contributed by atoms with Gasteiger partial charge in [-0.25, -0.2) is 0 Å². The van der Waals surface area contributed by atoms with Gasteiger partial charge in [0, 0.05) is 37.7 Å². The summed E-state index contributed by atoms with van der Waals surface area (Å²) in [6.07, 6.45) is 6.20. The van der Waals surface area contributed by atoms with E-state index in [1.54, 1.807) is 13.1 Å². The number of nitrogens with one attached hydrogen (secondary N) is 3. The maximum absolute atomic E-state index is 12.2. The molecule has 0 saturated carbocycles. The van der Waals surface area contributed by atoms with Crippen molar-refractivity contribution < 1.29 is 9.59 Å². The van der Waals surface area contributed by atoms with E-state index in [2.05, 4.69) is 16.0 Å². The smallest absolute Gasteiger partial charge is 0.251 e. The Hall–Kier alpha value is -1.88. The lowest BCUT2D eigenvalue weighted by molar-refractivity contribution is -0.122. The van der Waals surface area contributed by atoms with E-state index >= 15 is 0 Å². The molecule has 0 spiro atoms. The van der Waals surface area contributed by atoms with Crippen molar-refractivity contribution in [3.05, 3.63) is 35.4 Å². The Morgan fingerprint density at radius 3 is 2.67 bits per heavy atom. The summed E-state index contributed by atoms with van der Waals surface area (Å²) in [5.41, 5.74) is 1.72. The molecule has 5 nitrogen and oxygen atoms in total. The quantitative estimate of drug-likeness (QED) is 0.743. The summed E-state index contributed by atoms with van der Waals surface area (Å²) in [6, 6.07) is 8.82. The number of hydrogen-bond acceptors (Lipinski definition) is 3. The van der Waals surface area contributed by atoms with Gasteiger partial charge in [-0.1, -0.05) is 12.1 Å². The fourth-order valence-electron chi connectivity index (χ4n) is 4.03. The number of carbonyl (C=O) groups excluding carboxylic acids is 2. The summed E-state index contributed by atoms with van der Waals surface area (Å²) in [4.78, 5) is 23.8. The topological polar surface area (TPSA) is 70.2 Å². The van der Waals surface area contributed by atoms with Crippen LogP contribution < -0.4 is 16.0 Å². The molecule has 3 N–H and O–H groups in total. The van der Waals surface area contributed by atoms with Crippen LogP contribution in [0.3, 0.4) is 0 Å². The Kier molecular flexibility index (Phi) is 5.51. The molecule has 2 aliphatic heterocycles. The molecule has 1 aromatic carbocycles. The van der Waals surface area contributed by atoms with E-state index in [1.165, 1.54) is 12.8 Å². The molecule has 0 aliphatic carbocycles. The zero-order valence-corrected chi connectivity index (χ0v) is 14.3. The molecule has 3 rings (SSSR count). The molecular formula is C19H27N3O2. The largest absolute Gasteiger partial charge is 0.356 e. The first-order valence-corrected chi connectivity index (χ1v) is 8.98. The highest BCUT2D eigenvalue weighted by molar-refractivity contribution is 5.94. The summed E-state index contributed by atoms with van der Waals surface area (Å²) in [5, 5.41) is 9.27. The number of carbonyl (C=O) groups is 2. The molecule has 2 saturated heterocycles. The van der Waals surface area contributed by atoms with Crippen LogP contribution in [0.5, 0.6) is 0 Å². The van der Waals surface area contributed by atoms with Crippen LogP contribution >= 0.6 is 0 Å². The number of benzene rings is 1. The summed E-state index contributed by atoms with van der Waals surface area (Å²) >= 11 is 0. The van der Waals surface area contributed by atoms with Gasteiger partial charge in [-0.2, -0.15) is 0 Å². The molecule has 2 atom stereocenters. The maximum Gasteiger partial charge on any atom is 0.251 e. The minimum atomic E-state index is -0.0820. The highest BCUT2D eigenvalue weighted by atomic mass is 16.2. The fourth-order valence-corrected chi connectivity index (χ4v) is 4.03. The lowest BCUT2D eigenvalue weighted by Gasteiger charge is -2.28. The summed E-state index contributed by atoms with van der Waals surface area (Å²) in [6.45, 7) is 0.619. The predicted molar refractivity (Wildman–Crippen MR) is 93.8 cm³/mol. The highest BCUT2D eigenvalue weighted by Crippen LogP contribution is 2.32. The minimum Gasteiger partial charge on any atom is -0.356 e. The molecule has 0 aromatic heterocycles. The van der Waals surface area contributed by atoms with Crippen LogP contribution in [0.2, 0.25) is 0 Å². The Morgan fingerprint density at radius 2 is 1.96 bits per heavy atom. The first-order chi connectivity index (χ1) is 11.6. The molecular weight excluding hydrogens is 302 g/mol. The van der Waals surface area contributed by atoms with Gasteiger partial charge in [0.2, 0.25) is 5.91 Å². The van der Waals surface area contributed by atoms with Crippen molar-refractivity contribution in [1.82, 2.24) is 16.0 Å². The normalized spacial score (nSPS) is 25.3. The lowest BCUT2D eigenvalue weighted by Crippen LogP contribution is -2.39. The molecule has 1 aromatic rings. The Morgan fingerprint density at radius 1 is 1.21 bits per heavy atom. The first-order valence-electron chi connectivity index (χ1n) is 8.98. The van der Waals surface area contributed by atoms with Gasteiger partial charge >= 0.3 is 0 Å². The second-order valence-corrected chi connectivity index (χ2v) is 7.06. The van der Waals surface area contributed by atoms with Crippen molar-refractivity contribution >= 4 is 11.8 Å². The fraction of sp³-hybridized carbons (Fsp3) is 0.579. The van der Waals surface area contributed by atoms with Crippen molar-refractivity contribution in [1.29, 1.82) is 0 Å². The minimum absolute atomic E-state index is 0.0820. The van der Waals surface area contributed by atoms with E-state index in [1.807, 2.05) is 18.2 Å². The lowest BCUT2D eigenvalue weighted by atomic mass is 9.89. The molecule has 2 fully saturated rings. The number of fused-ring (bicyclic) bond motifs is 2. The maximum atomic E-state index is 12.2. The van der Waals surface area contributed by atoms with E-state index in [4.69, 9.17) is 0 Å². The second-order valence-electron chi connectivity index (χ2n) is 7.06. The van der Waals surface area contributed by atoms with Crippen LogP contribution in [0.15, 0.2) is 24.3 Å². The van der Waals surface area contributed by atoms with Gasteiger partial charge in [-0.3, -0.25) is 9.59 Å². The van der Waals surface area contributed by atoms with Crippen LogP contribution in [0.25, 0.3) is 0 Å². The number of rotatable bonds is 6. The predicted octanol–water partition coefficient (Wildman–Crippen LogP) is 1.63. The summed E-state index contributed by atoms with van der Waals surface area (Å²) < 4.78 is 0. The molecule has 2 aliphatic rings. The van der Waals surface area contributed by atoms with Gasteiger partial charge in [-0.15, -0.1) is 0 Å². The first kappa shape index (κ1) is 17.0. The van der Waals surface area contributed by atoms with E-state index < -0.39 is 0 Å². The standard InChI is InChI=1S/C19H27N3O2/c1-20-19(24)15-4-2-3-13(9-15)7-8-21-18(23)12-14-10-16-5-6-17(11-14)22-16/h2-4,9,14,16-17,22H,5-8,10-12H2,1H3,(H,20,24)(H,21,23). The van der Waals surface area contributed by atoms with E-state index in [0.29, 0.717) is 36.5 Å². The van der Waals surface area contributed by atoms with Crippen molar-refractivity contribution in [2.24, 2.45) is 5.92 Å². The number of piperidine rings is 1. The van der Waals surface area contributed by atoms with Crippen molar-refractivity contribution in [2.75, 3.05) is 13.6 Å². The Labute approximate surface area is 143 Å². The third kappa shape index (κ3) is 4.35. The van der Waals surface area contributed by atoms with Gasteiger partial charge in [-0.05, 0) is 55.7 Å². The molecule has 2 unspecified atom stereocenters. The number of amides is 2. The third-order valence-electron chi connectivity index (χ3n) is 5.20. The average Bonchev–Trinajstić information content (AvgIpc) is 2.93. The molecule has 2 bridgehead atoms. The third-order valence-corrected chi connectivity index (χ3v) is 5.20. The van der Waals surface area contributed by atoms with Crippen LogP contribution in [-0.2, 0) is 11.2 Å². The van der Waals surface area contributed by atoms with Gasteiger partial charge in [0.25, 0.3) is 5.91 Å². The average molecular weight is 329 g/mol. The molecule has 5 heteroatoms.